The molecule has 1 aromatic carbocycles. The number of amides is 1. The molecule has 7 heteroatoms. The zero-order valence-electron chi connectivity index (χ0n) is 17.1. The first kappa shape index (κ1) is 20.1. The maximum Gasteiger partial charge on any atom is 0.275 e. The van der Waals surface area contributed by atoms with Crippen molar-refractivity contribution >= 4 is 23.1 Å². The van der Waals surface area contributed by atoms with Crippen molar-refractivity contribution in [2.45, 2.75) is 20.8 Å². The summed E-state index contributed by atoms with van der Waals surface area (Å²) < 4.78 is 0. The molecule has 1 aliphatic heterocycles. The highest BCUT2D eigenvalue weighted by atomic mass is 16.1. The van der Waals surface area contributed by atoms with Crippen molar-refractivity contribution in [1.82, 2.24) is 14.9 Å². The Labute approximate surface area is 167 Å². The van der Waals surface area contributed by atoms with Gasteiger partial charge in [0.25, 0.3) is 5.91 Å². The molecule has 1 aliphatic rings. The summed E-state index contributed by atoms with van der Waals surface area (Å²) in [5.74, 6) is 0.585. The minimum atomic E-state index is -0.245. The van der Waals surface area contributed by atoms with Gasteiger partial charge in [-0.05, 0) is 44.7 Å². The second-order valence-corrected chi connectivity index (χ2v) is 6.85. The molecule has 1 N–H and O–H groups in total. The largest absolute Gasteiger partial charge is 0.372 e. The Hall–Kier alpha value is -2.67. The number of nitrogens with one attached hydrogen (secondary N) is 1. The van der Waals surface area contributed by atoms with Crippen LogP contribution < -0.4 is 15.1 Å². The normalized spacial score (nSPS) is 14.8. The third kappa shape index (κ3) is 4.78. The lowest BCUT2D eigenvalue weighted by atomic mass is 10.2. The number of piperazine rings is 1. The summed E-state index contributed by atoms with van der Waals surface area (Å²) in [6.07, 6.45) is 3.25. The number of benzene rings is 1. The summed E-state index contributed by atoms with van der Waals surface area (Å²) in [5.41, 5.74) is 2.22. The highest BCUT2D eigenvalue weighted by Crippen LogP contribution is 2.18. The number of aromatic nitrogens is 2. The molecule has 0 spiro atoms. The minimum Gasteiger partial charge on any atom is -0.372 e. The molecule has 0 saturated carbocycles. The molecule has 2 aromatic rings. The van der Waals surface area contributed by atoms with Crippen LogP contribution in [0.25, 0.3) is 0 Å². The van der Waals surface area contributed by atoms with E-state index in [-0.39, 0.29) is 5.91 Å². The topological polar surface area (TPSA) is 64.6 Å². The van der Waals surface area contributed by atoms with Crippen molar-refractivity contribution in [3.8, 4) is 0 Å². The van der Waals surface area contributed by atoms with E-state index in [1.54, 1.807) is 12.4 Å². The van der Waals surface area contributed by atoms with Gasteiger partial charge in [-0.25, -0.2) is 9.97 Å². The lowest BCUT2D eigenvalue weighted by Gasteiger charge is -2.34. The number of likely N-dealkylation sites (N-methyl/N-ethyl adjacent to an activating group) is 1. The number of carbonyl (C=O) groups is 1. The zero-order valence-corrected chi connectivity index (χ0v) is 17.1. The average molecular weight is 383 g/mol. The van der Waals surface area contributed by atoms with Gasteiger partial charge in [-0.15, -0.1) is 0 Å². The first-order chi connectivity index (χ1) is 13.6. The highest BCUT2D eigenvalue weighted by molar-refractivity contribution is 6.02. The van der Waals surface area contributed by atoms with E-state index in [9.17, 15) is 4.79 Å². The van der Waals surface area contributed by atoms with Gasteiger partial charge in [0, 0.05) is 50.6 Å². The van der Waals surface area contributed by atoms with Crippen LogP contribution in [0, 0.1) is 0 Å². The van der Waals surface area contributed by atoms with E-state index >= 15 is 0 Å². The summed E-state index contributed by atoms with van der Waals surface area (Å²) in [4.78, 5) is 28.1. The van der Waals surface area contributed by atoms with Crippen molar-refractivity contribution in [3.63, 3.8) is 0 Å². The fourth-order valence-corrected chi connectivity index (χ4v) is 3.43. The van der Waals surface area contributed by atoms with Gasteiger partial charge in [-0.1, -0.05) is 6.92 Å². The van der Waals surface area contributed by atoms with Gasteiger partial charge in [-0.3, -0.25) is 4.79 Å². The molecule has 0 unspecified atom stereocenters. The first-order valence-electron chi connectivity index (χ1n) is 10.1. The van der Waals surface area contributed by atoms with E-state index in [4.69, 9.17) is 0 Å². The number of hydrogen-bond donors (Lipinski definition) is 1. The smallest absolute Gasteiger partial charge is 0.275 e. The third-order valence-corrected chi connectivity index (χ3v) is 5.27. The molecule has 1 fully saturated rings. The van der Waals surface area contributed by atoms with E-state index in [2.05, 4.69) is 50.8 Å². The second-order valence-electron chi connectivity index (χ2n) is 6.85. The maximum absolute atomic E-state index is 12.5. The van der Waals surface area contributed by atoms with E-state index in [0.717, 1.165) is 63.0 Å². The summed E-state index contributed by atoms with van der Waals surface area (Å²) >= 11 is 0. The predicted molar refractivity (Wildman–Crippen MR) is 114 cm³/mol. The van der Waals surface area contributed by atoms with Crippen LogP contribution in [0.4, 0.5) is 17.2 Å². The van der Waals surface area contributed by atoms with E-state index in [0.29, 0.717) is 5.69 Å². The molecule has 3 rings (SSSR count). The highest BCUT2D eigenvalue weighted by Gasteiger charge is 2.17. The third-order valence-electron chi connectivity index (χ3n) is 5.27. The molecular weight excluding hydrogens is 352 g/mol. The van der Waals surface area contributed by atoms with Gasteiger partial charge in [0.1, 0.15) is 11.5 Å². The van der Waals surface area contributed by atoms with Crippen molar-refractivity contribution in [2.24, 2.45) is 0 Å². The molecule has 0 atom stereocenters. The fraction of sp³-hybridized carbons (Fsp3) is 0.476. The van der Waals surface area contributed by atoms with E-state index in [1.807, 2.05) is 24.3 Å². The molecule has 1 saturated heterocycles. The number of carbonyl (C=O) groups excluding carboxylic acids is 1. The van der Waals surface area contributed by atoms with Crippen molar-refractivity contribution in [3.05, 3.63) is 42.4 Å². The van der Waals surface area contributed by atoms with Gasteiger partial charge in [0.15, 0.2) is 0 Å². The van der Waals surface area contributed by atoms with Crippen molar-refractivity contribution in [2.75, 3.05) is 60.9 Å². The van der Waals surface area contributed by atoms with Gasteiger partial charge < -0.3 is 20.0 Å². The van der Waals surface area contributed by atoms with Crippen LogP contribution in [0.2, 0.25) is 0 Å². The SMILES string of the molecule is CCN1CCN(c2cnc(C(=O)Nc3ccc(N(CC)CC)cc3)cn2)CC1. The van der Waals surface area contributed by atoms with Crippen LogP contribution in [0.3, 0.4) is 0 Å². The number of anilines is 3. The van der Waals surface area contributed by atoms with Crippen LogP contribution in [0.5, 0.6) is 0 Å². The number of rotatable bonds is 7. The summed E-state index contributed by atoms with van der Waals surface area (Å²) in [7, 11) is 0. The van der Waals surface area contributed by atoms with Gasteiger partial charge in [0.2, 0.25) is 0 Å². The zero-order chi connectivity index (χ0) is 19.9. The van der Waals surface area contributed by atoms with Gasteiger partial charge in [0.05, 0.1) is 12.4 Å². The van der Waals surface area contributed by atoms with Crippen LogP contribution in [0.15, 0.2) is 36.7 Å². The van der Waals surface area contributed by atoms with E-state index in [1.165, 1.54) is 0 Å². The van der Waals surface area contributed by atoms with Crippen LogP contribution >= 0.6 is 0 Å². The van der Waals surface area contributed by atoms with Crippen LogP contribution in [0.1, 0.15) is 31.3 Å². The van der Waals surface area contributed by atoms with Crippen molar-refractivity contribution in [1.29, 1.82) is 0 Å². The lowest BCUT2D eigenvalue weighted by Crippen LogP contribution is -2.46. The number of nitrogens with zero attached hydrogens (tertiary/aromatic N) is 5. The van der Waals surface area contributed by atoms with Gasteiger partial charge >= 0.3 is 0 Å². The predicted octanol–water partition coefficient (Wildman–Crippen LogP) is 2.72. The molecular formula is C21H30N6O. The summed E-state index contributed by atoms with van der Waals surface area (Å²) in [5, 5.41) is 2.89. The standard InChI is InChI=1S/C21H30N6O/c1-4-25-11-13-27(14-12-25)20-16-22-19(15-23-20)21(28)24-17-7-9-18(10-8-17)26(5-2)6-3/h7-10,15-16H,4-6,11-14H2,1-3H3,(H,24,28). The Morgan fingerprint density at radius 1 is 1.00 bits per heavy atom. The van der Waals surface area contributed by atoms with Crippen LogP contribution in [-0.2, 0) is 0 Å². The molecule has 28 heavy (non-hydrogen) atoms. The summed E-state index contributed by atoms with van der Waals surface area (Å²) in [6.45, 7) is 13.4. The lowest BCUT2D eigenvalue weighted by molar-refractivity contribution is 0.102. The Morgan fingerprint density at radius 2 is 1.68 bits per heavy atom. The van der Waals surface area contributed by atoms with Crippen molar-refractivity contribution < 1.29 is 4.79 Å². The molecule has 0 bridgehead atoms. The van der Waals surface area contributed by atoms with Gasteiger partial charge in [-0.2, -0.15) is 0 Å². The molecule has 150 valence electrons. The Kier molecular flexibility index (Phi) is 6.81. The summed E-state index contributed by atoms with van der Waals surface area (Å²) in [6, 6.07) is 7.88. The molecule has 7 nitrogen and oxygen atoms in total. The molecule has 0 aliphatic carbocycles. The fourth-order valence-electron chi connectivity index (χ4n) is 3.43. The van der Waals surface area contributed by atoms with Crippen LogP contribution in [-0.4, -0.2) is 66.6 Å². The minimum absolute atomic E-state index is 0.245. The second kappa shape index (κ2) is 9.50. The average Bonchev–Trinajstić information content (AvgIpc) is 2.76. The molecule has 2 heterocycles. The first-order valence-corrected chi connectivity index (χ1v) is 10.1. The molecule has 1 amide bonds. The monoisotopic (exact) mass is 382 g/mol. The Morgan fingerprint density at radius 3 is 2.21 bits per heavy atom. The maximum atomic E-state index is 12.5. The Balaban J connectivity index is 1.59. The quantitative estimate of drug-likeness (QED) is 0.794. The number of hydrogen-bond acceptors (Lipinski definition) is 6. The Bertz CT molecular complexity index is 749. The van der Waals surface area contributed by atoms with E-state index < -0.39 is 0 Å². The molecule has 0 radical (unpaired) electrons. The molecule has 1 aromatic heterocycles.